The van der Waals surface area contributed by atoms with Gasteiger partial charge >= 0.3 is 0 Å². The quantitative estimate of drug-likeness (QED) is 0.805. The zero-order valence-corrected chi connectivity index (χ0v) is 15.4. The van der Waals surface area contributed by atoms with Gasteiger partial charge in [-0.15, -0.1) is 0 Å². The molecular weight excluding hydrogens is 288 g/mol. The number of rotatable bonds is 5. The van der Waals surface area contributed by atoms with Crippen LogP contribution in [0, 0.1) is 5.41 Å². The maximum atomic E-state index is 6.01. The number of morpholine rings is 1. The van der Waals surface area contributed by atoms with Crippen LogP contribution in [0.4, 0.5) is 0 Å². The summed E-state index contributed by atoms with van der Waals surface area (Å²) in [4.78, 5) is 7.84. The van der Waals surface area contributed by atoms with Gasteiger partial charge in [-0.1, -0.05) is 6.92 Å². The Balaban J connectivity index is 1.39. The number of ether oxygens (including phenoxy) is 1. The van der Waals surface area contributed by atoms with Crippen molar-refractivity contribution in [3.63, 3.8) is 0 Å². The molecule has 0 radical (unpaired) electrons. The Morgan fingerprint density at radius 3 is 2.52 bits per heavy atom. The first kappa shape index (κ1) is 17.6. The molecule has 2 atom stereocenters. The van der Waals surface area contributed by atoms with E-state index in [1.54, 1.807) is 0 Å². The van der Waals surface area contributed by atoms with Crippen molar-refractivity contribution in [2.75, 3.05) is 72.1 Å². The third kappa shape index (κ3) is 4.89. The first-order valence-electron chi connectivity index (χ1n) is 9.55. The summed E-state index contributed by atoms with van der Waals surface area (Å²) in [5.74, 6) is 0. The number of nitrogens with one attached hydrogen (secondary N) is 1. The molecule has 5 heteroatoms. The van der Waals surface area contributed by atoms with Gasteiger partial charge in [0, 0.05) is 64.9 Å². The molecule has 3 aliphatic rings. The SMILES string of the molecule is CC(C)N1CCOC(CN2CCN(CC3(C)CCNC3)CC2)C1. The smallest absolute Gasteiger partial charge is 0.0829 e. The van der Waals surface area contributed by atoms with Crippen molar-refractivity contribution < 1.29 is 4.74 Å². The molecule has 0 aliphatic carbocycles. The Kier molecular flexibility index (Phi) is 5.97. The van der Waals surface area contributed by atoms with Crippen molar-refractivity contribution in [3.05, 3.63) is 0 Å². The maximum Gasteiger partial charge on any atom is 0.0829 e. The van der Waals surface area contributed by atoms with Crippen molar-refractivity contribution >= 4 is 0 Å². The molecule has 3 heterocycles. The molecular formula is C18H36N4O. The van der Waals surface area contributed by atoms with Gasteiger partial charge in [0.15, 0.2) is 0 Å². The molecule has 0 aromatic heterocycles. The van der Waals surface area contributed by atoms with Gasteiger partial charge in [0.25, 0.3) is 0 Å². The molecule has 0 spiro atoms. The second-order valence-electron chi connectivity index (χ2n) is 8.40. The number of hydrogen-bond acceptors (Lipinski definition) is 5. The van der Waals surface area contributed by atoms with Crippen LogP contribution >= 0.6 is 0 Å². The molecule has 5 nitrogen and oxygen atoms in total. The van der Waals surface area contributed by atoms with E-state index in [1.165, 1.54) is 52.2 Å². The van der Waals surface area contributed by atoms with Crippen molar-refractivity contribution in [1.82, 2.24) is 20.0 Å². The fraction of sp³-hybridized carbons (Fsp3) is 1.00. The van der Waals surface area contributed by atoms with Crippen LogP contribution in [-0.4, -0.2) is 98.9 Å². The Labute approximate surface area is 142 Å². The lowest BCUT2D eigenvalue weighted by Crippen LogP contribution is -2.54. The fourth-order valence-electron chi connectivity index (χ4n) is 4.28. The predicted octanol–water partition coefficient (Wildman–Crippen LogP) is 0.713. The Hall–Kier alpha value is -0.200. The summed E-state index contributed by atoms with van der Waals surface area (Å²) in [5, 5.41) is 3.52. The van der Waals surface area contributed by atoms with E-state index in [0.717, 1.165) is 26.2 Å². The molecule has 3 aliphatic heterocycles. The van der Waals surface area contributed by atoms with E-state index in [0.29, 0.717) is 17.6 Å². The highest BCUT2D eigenvalue weighted by Crippen LogP contribution is 2.26. The van der Waals surface area contributed by atoms with E-state index in [1.807, 2.05) is 0 Å². The van der Waals surface area contributed by atoms with Crippen molar-refractivity contribution in [2.24, 2.45) is 5.41 Å². The molecule has 0 saturated carbocycles. The van der Waals surface area contributed by atoms with Gasteiger partial charge in [-0.25, -0.2) is 0 Å². The average molecular weight is 325 g/mol. The van der Waals surface area contributed by atoms with Gasteiger partial charge < -0.3 is 15.0 Å². The summed E-state index contributed by atoms with van der Waals surface area (Å²) in [6.07, 6.45) is 1.72. The predicted molar refractivity (Wildman–Crippen MR) is 94.9 cm³/mol. The minimum absolute atomic E-state index is 0.397. The average Bonchev–Trinajstić information content (AvgIpc) is 2.96. The zero-order valence-electron chi connectivity index (χ0n) is 15.4. The van der Waals surface area contributed by atoms with E-state index in [9.17, 15) is 0 Å². The van der Waals surface area contributed by atoms with Crippen LogP contribution in [0.5, 0.6) is 0 Å². The minimum Gasteiger partial charge on any atom is -0.374 e. The van der Waals surface area contributed by atoms with Crippen LogP contribution in [0.1, 0.15) is 27.2 Å². The van der Waals surface area contributed by atoms with E-state index >= 15 is 0 Å². The number of nitrogens with zero attached hydrogens (tertiary/aromatic N) is 3. The van der Waals surface area contributed by atoms with Crippen LogP contribution in [0.2, 0.25) is 0 Å². The van der Waals surface area contributed by atoms with Gasteiger partial charge in [0.1, 0.15) is 0 Å². The van der Waals surface area contributed by atoms with E-state index in [4.69, 9.17) is 4.74 Å². The second-order valence-corrected chi connectivity index (χ2v) is 8.40. The normalized spacial score (nSPS) is 35.2. The molecule has 1 N–H and O–H groups in total. The zero-order chi connectivity index (χ0) is 16.3. The molecule has 0 amide bonds. The van der Waals surface area contributed by atoms with Crippen molar-refractivity contribution in [2.45, 2.75) is 39.3 Å². The van der Waals surface area contributed by atoms with Gasteiger partial charge in [0.05, 0.1) is 12.7 Å². The molecule has 0 bridgehead atoms. The lowest BCUT2D eigenvalue weighted by molar-refractivity contribution is -0.0571. The molecule has 0 aromatic rings. The molecule has 3 rings (SSSR count). The highest BCUT2D eigenvalue weighted by Gasteiger charge is 2.32. The molecule has 0 aromatic carbocycles. The second kappa shape index (κ2) is 7.79. The van der Waals surface area contributed by atoms with Crippen molar-refractivity contribution in [3.8, 4) is 0 Å². The molecule has 134 valence electrons. The first-order valence-corrected chi connectivity index (χ1v) is 9.55. The third-order valence-electron chi connectivity index (χ3n) is 5.89. The number of hydrogen-bond donors (Lipinski definition) is 1. The Morgan fingerprint density at radius 1 is 1.13 bits per heavy atom. The standard InChI is InChI=1S/C18H36N4O/c1-16(2)22-10-11-23-17(13-22)12-20-6-8-21(9-7-20)15-18(3)4-5-19-14-18/h16-17,19H,4-15H2,1-3H3. The summed E-state index contributed by atoms with van der Waals surface area (Å²) in [6.45, 7) is 19.7. The third-order valence-corrected chi connectivity index (χ3v) is 5.89. The highest BCUT2D eigenvalue weighted by atomic mass is 16.5. The van der Waals surface area contributed by atoms with Gasteiger partial charge in [-0.2, -0.15) is 0 Å². The maximum absolute atomic E-state index is 6.01. The van der Waals surface area contributed by atoms with Gasteiger partial charge in [-0.3, -0.25) is 9.80 Å². The lowest BCUT2D eigenvalue weighted by atomic mass is 9.89. The van der Waals surface area contributed by atoms with Crippen LogP contribution in [0.15, 0.2) is 0 Å². The molecule has 2 unspecified atom stereocenters. The summed E-state index contributed by atoms with van der Waals surface area (Å²) in [6, 6.07) is 0.638. The van der Waals surface area contributed by atoms with Gasteiger partial charge in [0.2, 0.25) is 0 Å². The van der Waals surface area contributed by atoms with E-state index < -0.39 is 0 Å². The van der Waals surface area contributed by atoms with Crippen LogP contribution < -0.4 is 5.32 Å². The lowest BCUT2D eigenvalue weighted by Gasteiger charge is -2.41. The van der Waals surface area contributed by atoms with Crippen LogP contribution in [0.25, 0.3) is 0 Å². The van der Waals surface area contributed by atoms with Crippen LogP contribution in [-0.2, 0) is 4.74 Å². The van der Waals surface area contributed by atoms with Gasteiger partial charge in [-0.05, 0) is 32.2 Å². The summed E-state index contributed by atoms with van der Waals surface area (Å²) >= 11 is 0. The highest BCUT2D eigenvalue weighted by molar-refractivity contribution is 4.88. The number of piperazine rings is 1. The summed E-state index contributed by atoms with van der Waals surface area (Å²) < 4.78 is 6.01. The summed E-state index contributed by atoms with van der Waals surface area (Å²) in [7, 11) is 0. The molecule has 23 heavy (non-hydrogen) atoms. The Morgan fingerprint density at radius 2 is 1.87 bits per heavy atom. The molecule has 3 saturated heterocycles. The first-order chi connectivity index (χ1) is 11.0. The minimum atomic E-state index is 0.397. The topological polar surface area (TPSA) is 31.0 Å². The summed E-state index contributed by atoms with van der Waals surface area (Å²) in [5.41, 5.74) is 0.492. The fourth-order valence-corrected chi connectivity index (χ4v) is 4.28. The monoisotopic (exact) mass is 324 g/mol. The van der Waals surface area contributed by atoms with E-state index in [2.05, 4.69) is 40.8 Å². The van der Waals surface area contributed by atoms with Crippen LogP contribution in [0.3, 0.4) is 0 Å². The van der Waals surface area contributed by atoms with E-state index in [-0.39, 0.29) is 0 Å². The Bertz CT molecular complexity index is 362. The molecule has 3 fully saturated rings. The van der Waals surface area contributed by atoms with Crippen molar-refractivity contribution in [1.29, 1.82) is 0 Å². The largest absolute Gasteiger partial charge is 0.374 e.